The van der Waals surface area contributed by atoms with Crippen molar-refractivity contribution in [1.82, 2.24) is 0 Å². The molecule has 1 unspecified atom stereocenters. The quantitative estimate of drug-likeness (QED) is 0.506. The second-order valence-electron chi connectivity index (χ2n) is 4.15. The molecular weight excluding hydrogens is 199 g/mol. The molecule has 0 aromatic heterocycles. The van der Waals surface area contributed by atoms with E-state index in [2.05, 4.69) is 41.3 Å². The van der Waals surface area contributed by atoms with Gasteiger partial charge < -0.3 is 0 Å². The van der Waals surface area contributed by atoms with Crippen LogP contribution in [0.2, 0.25) is 0 Å². The maximum atomic E-state index is 2.87. The van der Waals surface area contributed by atoms with E-state index >= 15 is 0 Å². The molecule has 0 spiro atoms. The smallest absolute Gasteiger partial charge is 0.0268 e. The molecule has 1 aromatic carbocycles. The van der Waals surface area contributed by atoms with Gasteiger partial charge >= 0.3 is 0 Å². The van der Waals surface area contributed by atoms with Crippen molar-refractivity contribution < 1.29 is 0 Å². The average Bonchev–Trinajstić information content (AvgIpc) is 2.26. The van der Waals surface area contributed by atoms with E-state index in [4.69, 9.17) is 0 Å². The number of benzene rings is 1. The van der Waals surface area contributed by atoms with Gasteiger partial charge in [0, 0.05) is 0 Å². The van der Waals surface area contributed by atoms with Crippen molar-refractivity contribution in [1.29, 1.82) is 0 Å². The Kier molecular flexibility index (Phi) is 5.95. The zero-order valence-corrected chi connectivity index (χ0v) is 11.2. The molecule has 0 radical (unpaired) electrons. The summed E-state index contributed by atoms with van der Waals surface area (Å²) in [5, 5.41) is 1.39. The third kappa shape index (κ3) is 3.95. The van der Waals surface area contributed by atoms with Gasteiger partial charge in [0.2, 0.25) is 0 Å². The van der Waals surface area contributed by atoms with E-state index in [0.29, 0.717) is 0 Å². The lowest BCUT2D eigenvalue weighted by molar-refractivity contribution is 0.666. The number of hydrogen-bond acceptors (Lipinski definition) is 0. The summed E-state index contributed by atoms with van der Waals surface area (Å²) in [6, 6.07) is 6.64. The van der Waals surface area contributed by atoms with Crippen molar-refractivity contribution in [2.45, 2.75) is 52.4 Å². The van der Waals surface area contributed by atoms with Gasteiger partial charge in [-0.15, -0.1) is 9.24 Å². The third-order valence-corrected chi connectivity index (χ3v) is 3.51. The van der Waals surface area contributed by atoms with Crippen LogP contribution in [-0.2, 0) is 12.8 Å². The summed E-state index contributed by atoms with van der Waals surface area (Å²) in [5.41, 5.74) is 3.10. The summed E-state index contributed by atoms with van der Waals surface area (Å²) in [7, 11) is 2.87. The maximum Gasteiger partial charge on any atom is -0.0268 e. The highest BCUT2D eigenvalue weighted by Crippen LogP contribution is 2.14. The number of aryl methyl sites for hydroxylation is 1. The van der Waals surface area contributed by atoms with Crippen molar-refractivity contribution in [3.63, 3.8) is 0 Å². The van der Waals surface area contributed by atoms with Gasteiger partial charge in [0.1, 0.15) is 0 Å². The lowest BCUT2D eigenvalue weighted by atomic mass is 9.99. The van der Waals surface area contributed by atoms with Gasteiger partial charge in [0.05, 0.1) is 0 Å². The number of rotatable bonds is 6. The fraction of sp³-hybridized carbons (Fsp3) is 0.571. The van der Waals surface area contributed by atoms with E-state index in [0.717, 1.165) is 6.42 Å². The average molecular weight is 222 g/mol. The SMILES string of the molecule is CCCCCCc1c(P)cccc1CC. The standard InChI is InChI=1S/C14H23P/c1-3-5-6-7-10-13-12(4-2)9-8-11-14(13)15/h8-9,11H,3-7,10,15H2,1-2H3. The second kappa shape index (κ2) is 7.01. The van der Waals surface area contributed by atoms with Gasteiger partial charge in [0.15, 0.2) is 0 Å². The predicted octanol–water partition coefficient (Wildman–Crippen LogP) is 3.87. The van der Waals surface area contributed by atoms with Gasteiger partial charge in [-0.1, -0.05) is 51.3 Å². The van der Waals surface area contributed by atoms with Gasteiger partial charge in [-0.2, -0.15) is 0 Å². The van der Waals surface area contributed by atoms with E-state index in [-0.39, 0.29) is 0 Å². The van der Waals surface area contributed by atoms with Crippen LogP contribution in [-0.4, -0.2) is 0 Å². The van der Waals surface area contributed by atoms with Crippen molar-refractivity contribution in [3.8, 4) is 0 Å². The Morgan fingerprint density at radius 2 is 1.87 bits per heavy atom. The Hall–Kier alpha value is -0.350. The van der Waals surface area contributed by atoms with Crippen LogP contribution in [0.5, 0.6) is 0 Å². The number of unbranched alkanes of at least 4 members (excludes halogenated alkanes) is 3. The fourth-order valence-corrected chi connectivity index (χ4v) is 2.46. The topological polar surface area (TPSA) is 0 Å². The Bertz CT molecular complexity index is 291. The molecule has 0 aliphatic heterocycles. The van der Waals surface area contributed by atoms with Crippen LogP contribution in [0.25, 0.3) is 0 Å². The van der Waals surface area contributed by atoms with Crippen LogP contribution in [0.3, 0.4) is 0 Å². The highest BCUT2D eigenvalue weighted by Gasteiger charge is 2.03. The van der Waals surface area contributed by atoms with Crippen molar-refractivity contribution in [3.05, 3.63) is 29.3 Å². The minimum atomic E-state index is 1.16. The molecule has 0 saturated carbocycles. The first kappa shape index (κ1) is 12.7. The molecular formula is C14H23P. The van der Waals surface area contributed by atoms with E-state index in [1.165, 1.54) is 43.0 Å². The van der Waals surface area contributed by atoms with Crippen LogP contribution in [0.15, 0.2) is 18.2 Å². The summed E-state index contributed by atoms with van der Waals surface area (Å²) in [6.45, 7) is 4.51. The zero-order chi connectivity index (χ0) is 11.1. The maximum absolute atomic E-state index is 2.87. The van der Waals surface area contributed by atoms with Crippen molar-refractivity contribution >= 4 is 14.5 Å². The molecule has 0 aliphatic rings. The normalized spacial score (nSPS) is 10.6. The lowest BCUT2D eigenvalue weighted by Crippen LogP contribution is -2.06. The zero-order valence-electron chi connectivity index (χ0n) is 10.1. The molecule has 0 aliphatic carbocycles. The summed E-state index contributed by atoms with van der Waals surface area (Å²) >= 11 is 0. The molecule has 0 saturated heterocycles. The van der Waals surface area contributed by atoms with Crippen LogP contribution in [0, 0.1) is 0 Å². The van der Waals surface area contributed by atoms with E-state index in [1.807, 2.05) is 0 Å². The van der Waals surface area contributed by atoms with Crippen LogP contribution in [0.4, 0.5) is 0 Å². The van der Waals surface area contributed by atoms with Gasteiger partial charge in [-0.05, 0) is 35.7 Å². The predicted molar refractivity (Wildman–Crippen MR) is 73.0 cm³/mol. The van der Waals surface area contributed by atoms with Gasteiger partial charge in [-0.25, -0.2) is 0 Å². The number of hydrogen-bond donors (Lipinski definition) is 0. The largest absolute Gasteiger partial charge is 0.105 e. The molecule has 1 atom stereocenters. The Labute approximate surface area is 96.7 Å². The first-order valence-electron chi connectivity index (χ1n) is 6.15. The lowest BCUT2D eigenvalue weighted by Gasteiger charge is -2.10. The van der Waals surface area contributed by atoms with Crippen LogP contribution in [0.1, 0.15) is 50.7 Å². The van der Waals surface area contributed by atoms with Gasteiger partial charge in [-0.3, -0.25) is 0 Å². The fourth-order valence-electron chi connectivity index (χ4n) is 2.02. The van der Waals surface area contributed by atoms with E-state index < -0.39 is 0 Å². The molecule has 0 amide bonds. The molecule has 0 bridgehead atoms. The Morgan fingerprint density at radius 3 is 2.53 bits per heavy atom. The van der Waals surface area contributed by atoms with Crippen LogP contribution >= 0.6 is 9.24 Å². The summed E-state index contributed by atoms with van der Waals surface area (Å²) in [4.78, 5) is 0. The minimum Gasteiger partial charge on any atom is -0.105 e. The van der Waals surface area contributed by atoms with E-state index in [9.17, 15) is 0 Å². The third-order valence-electron chi connectivity index (χ3n) is 2.97. The first-order valence-corrected chi connectivity index (χ1v) is 6.73. The molecule has 15 heavy (non-hydrogen) atoms. The van der Waals surface area contributed by atoms with Crippen molar-refractivity contribution in [2.24, 2.45) is 0 Å². The summed E-state index contributed by atoms with van der Waals surface area (Å²) < 4.78 is 0. The molecule has 1 aromatic rings. The monoisotopic (exact) mass is 222 g/mol. The summed E-state index contributed by atoms with van der Waals surface area (Å²) in [5.74, 6) is 0. The van der Waals surface area contributed by atoms with Gasteiger partial charge in [0.25, 0.3) is 0 Å². The highest BCUT2D eigenvalue weighted by atomic mass is 31.0. The molecule has 1 heteroatoms. The first-order chi connectivity index (χ1) is 7.29. The molecule has 0 fully saturated rings. The van der Waals surface area contributed by atoms with Crippen molar-refractivity contribution in [2.75, 3.05) is 0 Å². The molecule has 0 heterocycles. The minimum absolute atomic E-state index is 1.16. The summed E-state index contributed by atoms with van der Waals surface area (Å²) in [6.07, 6.45) is 7.82. The highest BCUT2D eigenvalue weighted by molar-refractivity contribution is 7.27. The molecule has 0 N–H and O–H groups in total. The van der Waals surface area contributed by atoms with E-state index in [1.54, 1.807) is 5.56 Å². The van der Waals surface area contributed by atoms with Crippen LogP contribution < -0.4 is 5.30 Å². The second-order valence-corrected chi connectivity index (χ2v) is 4.77. The Balaban J connectivity index is 2.58. The molecule has 84 valence electrons. The Morgan fingerprint density at radius 1 is 1.07 bits per heavy atom. The molecule has 0 nitrogen and oxygen atoms in total. The molecule has 1 rings (SSSR count).